The van der Waals surface area contributed by atoms with Crippen molar-refractivity contribution in [2.75, 3.05) is 0 Å². The molecule has 2 aromatic rings. The van der Waals surface area contributed by atoms with Gasteiger partial charge in [-0.2, -0.15) is 0 Å². The minimum atomic E-state index is 0.0636. The Morgan fingerprint density at radius 3 is 2.62 bits per heavy atom. The molecule has 0 aliphatic heterocycles. The minimum absolute atomic E-state index is 0.0636. The van der Waals surface area contributed by atoms with Crippen LogP contribution in [-0.2, 0) is 6.54 Å². The second kappa shape index (κ2) is 6.58. The first-order valence-corrected chi connectivity index (χ1v) is 7.76. The summed E-state index contributed by atoms with van der Waals surface area (Å²) in [4.78, 5) is 4.17. The van der Waals surface area contributed by atoms with Gasteiger partial charge in [0.25, 0.3) is 0 Å². The van der Waals surface area contributed by atoms with Crippen LogP contribution in [0.3, 0.4) is 0 Å². The third kappa shape index (κ3) is 4.83. The van der Waals surface area contributed by atoms with Crippen molar-refractivity contribution in [1.29, 1.82) is 0 Å². The van der Waals surface area contributed by atoms with Crippen molar-refractivity contribution in [2.45, 2.75) is 39.8 Å². The Morgan fingerprint density at radius 1 is 1.19 bits per heavy atom. The predicted octanol–water partition coefficient (Wildman–Crippen LogP) is 4.83. The summed E-state index contributed by atoms with van der Waals surface area (Å²) in [5.41, 5.74) is 2.25. The predicted molar refractivity (Wildman–Crippen MR) is 89.8 cm³/mol. The number of halogens is 1. The third-order valence-corrected chi connectivity index (χ3v) is 3.53. The highest BCUT2D eigenvalue weighted by Crippen LogP contribution is 2.29. The fourth-order valence-electron chi connectivity index (χ4n) is 1.85. The number of aryl methyl sites for hydroxylation is 1. The van der Waals surface area contributed by atoms with E-state index in [1.165, 1.54) is 0 Å². The van der Waals surface area contributed by atoms with E-state index in [9.17, 15) is 0 Å². The summed E-state index contributed by atoms with van der Waals surface area (Å²) in [6.07, 6.45) is 3.56. The van der Waals surface area contributed by atoms with Crippen molar-refractivity contribution in [1.82, 2.24) is 10.3 Å². The van der Waals surface area contributed by atoms with Crippen LogP contribution in [0.25, 0.3) is 0 Å². The summed E-state index contributed by atoms with van der Waals surface area (Å²) < 4.78 is 7.09. The Labute approximate surface area is 134 Å². The van der Waals surface area contributed by atoms with Gasteiger partial charge in [0, 0.05) is 28.3 Å². The van der Waals surface area contributed by atoms with E-state index < -0.39 is 0 Å². The zero-order valence-corrected chi connectivity index (χ0v) is 14.5. The van der Waals surface area contributed by atoms with Gasteiger partial charge in [-0.25, -0.2) is 0 Å². The Kier molecular flexibility index (Phi) is 5.01. The van der Waals surface area contributed by atoms with Crippen molar-refractivity contribution in [3.05, 3.63) is 52.3 Å². The van der Waals surface area contributed by atoms with Crippen LogP contribution in [0, 0.1) is 6.92 Å². The number of nitrogens with zero attached hydrogens (tertiary/aromatic N) is 1. The molecule has 0 fully saturated rings. The molecular weight excluding hydrogens is 328 g/mol. The monoisotopic (exact) mass is 348 g/mol. The molecule has 0 spiro atoms. The van der Waals surface area contributed by atoms with Gasteiger partial charge in [-0.15, -0.1) is 0 Å². The number of ether oxygens (including phenoxy) is 1. The number of nitrogens with one attached hydrogen (secondary N) is 1. The maximum atomic E-state index is 6.04. The molecule has 21 heavy (non-hydrogen) atoms. The summed E-state index contributed by atoms with van der Waals surface area (Å²) >= 11 is 3.46. The summed E-state index contributed by atoms with van der Waals surface area (Å²) in [7, 11) is 0. The lowest BCUT2D eigenvalue weighted by atomic mass is 10.1. The SMILES string of the molecule is Cc1cc(Br)ccc1Oc1cnccc1CNC(C)(C)C. The molecule has 112 valence electrons. The van der Waals surface area contributed by atoms with E-state index in [0.717, 1.165) is 33.6 Å². The molecule has 1 N–H and O–H groups in total. The van der Waals surface area contributed by atoms with Gasteiger partial charge in [-0.3, -0.25) is 4.98 Å². The largest absolute Gasteiger partial charge is 0.455 e. The average molecular weight is 349 g/mol. The second-order valence-electron chi connectivity index (χ2n) is 6.10. The smallest absolute Gasteiger partial charge is 0.150 e. The van der Waals surface area contributed by atoms with Crippen LogP contribution in [0.15, 0.2) is 41.1 Å². The van der Waals surface area contributed by atoms with E-state index >= 15 is 0 Å². The Hall–Kier alpha value is -1.39. The molecule has 1 heterocycles. The highest BCUT2D eigenvalue weighted by molar-refractivity contribution is 9.10. The molecule has 0 amide bonds. The van der Waals surface area contributed by atoms with Crippen LogP contribution in [0.5, 0.6) is 11.5 Å². The van der Waals surface area contributed by atoms with E-state index in [0.29, 0.717) is 0 Å². The fraction of sp³-hybridized carbons (Fsp3) is 0.353. The van der Waals surface area contributed by atoms with Crippen LogP contribution < -0.4 is 10.1 Å². The first-order chi connectivity index (χ1) is 9.85. The molecule has 0 bridgehead atoms. The van der Waals surface area contributed by atoms with Crippen molar-refractivity contribution in [3.63, 3.8) is 0 Å². The van der Waals surface area contributed by atoms with Crippen molar-refractivity contribution in [2.24, 2.45) is 0 Å². The lowest BCUT2D eigenvalue weighted by Crippen LogP contribution is -2.35. The Balaban J connectivity index is 2.20. The average Bonchev–Trinajstić information content (AvgIpc) is 2.40. The van der Waals surface area contributed by atoms with Crippen molar-refractivity contribution < 1.29 is 4.74 Å². The van der Waals surface area contributed by atoms with Crippen LogP contribution in [0.2, 0.25) is 0 Å². The highest BCUT2D eigenvalue weighted by Gasteiger charge is 2.12. The van der Waals surface area contributed by atoms with Gasteiger partial charge >= 0.3 is 0 Å². The quantitative estimate of drug-likeness (QED) is 0.858. The number of pyridine rings is 1. The molecule has 0 saturated carbocycles. The first kappa shape index (κ1) is 16.0. The second-order valence-corrected chi connectivity index (χ2v) is 7.01. The Morgan fingerprint density at radius 2 is 1.95 bits per heavy atom. The van der Waals surface area contributed by atoms with Gasteiger partial charge in [0.15, 0.2) is 0 Å². The standard InChI is InChI=1S/C17H21BrN2O/c1-12-9-14(18)5-6-15(12)21-16-11-19-8-7-13(16)10-20-17(2,3)4/h5-9,11,20H,10H2,1-4H3. The zero-order chi connectivity index (χ0) is 15.5. The number of rotatable bonds is 4. The molecule has 3 nitrogen and oxygen atoms in total. The maximum absolute atomic E-state index is 6.04. The van der Waals surface area contributed by atoms with Crippen LogP contribution in [-0.4, -0.2) is 10.5 Å². The summed E-state index contributed by atoms with van der Waals surface area (Å²) in [6.45, 7) is 9.22. The van der Waals surface area contributed by atoms with Gasteiger partial charge in [0.05, 0.1) is 6.20 Å². The lowest BCUT2D eigenvalue weighted by Gasteiger charge is -2.21. The minimum Gasteiger partial charge on any atom is -0.455 e. The normalized spacial score (nSPS) is 11.5. The summed E-state index contributed by atoms with van der Waals surface area (Å²) in [5.74, 6) is 1.64. The van der Waals surface area contributed by atoms with Crippen LogP contribution >= 0.6 is 15.9 Å². The number of hydrogen-bond acceptors (Lipinski definition) is 3. The number of aromatic nitrogens is 1. The van der Waals surface area contributed by atoms with Crippen LogP contribution in [0.4, 0.5) is 0 Å². The third-order valence-electron chi connectivity index (χ3n) is 3.04. The first-order valence-electron chi connectivity index (χ1n) is 6.97. The molecule has 1 aromatic carbocycles. The fourth-order valence-corrected chi connectivity index (χ4v) is 2.33. The van der Waals surface area contributed by atoms with Gasteiger partial charge in [-0.05, 0) is 57.5 Å². The molecule has 0 unspecified atom stereocenters. The van der Waals surface area contributed by atoms with Crippen LogP contribution in [0.1, 0.15) is 31.9 Å². The Bertz CT molecular complexity index is 620. The van der Waals surface area contributed by atoms with Gasteiger partial charge < -0.3 is 10.1 Å². The molecule has 0 radical (unpaired) electrons. The number of benzene rings is 1. The molecule has 1 aromatic heterocycles. The topological polar surface area (TPSA) is 34.1 Å². The molecule has 0 atom stereocenters. The van der Waals surface area contributed by atoms with E-state index in [-0.39, 0.29) is 5.54 Å². The van der Waals surface area contributed by atoms with Gasteiger partial charge in [0.2, 0.25) is 0 Å². The molecule has 0 aliphatic carbocycles. The molecular formula is C17H21BrN2O. The van der Waals surface area contributed by atoms with E-state index in [4.69, 9.17) is 4.74 Å². The van der Waals surface area contributed by atoms with Crippen molar-refractivity contribution in [3.8, 4) is 11.5 Å². The maximum Gasteiger partial charge on any atom is 0.150 e. The summed E-state index contributed by atoms with van der Waals surface area (Å²) in [6, 6.07) is 7.97. The van der Waals surface area contributed by atoms with Crippen molar-refractivity contribution >= 4 is 15.9 Å². The van der Waals surface area contributed by atoms with Gasteiger partial charge in [-0.1, -0.05) is 15.9 Å². The molecule has 0 aliphatic rings. The molecule has 2 rings (SSSR count). The molecule has 0 saturated heterocycles. The zero-order valence-electron chi connectivity index (χ0n) is 12.9. The van der Waals surface area contributed by atoms with E-state index in [1.807, 2.05) is 31.2 Å². The number of hydrogen-bond donors (Lipinski definition) is 1. The van der Waals surface area contributed by atoms with E-state index in [1.54, 1.807) is 12.4 Å². The van der Waals surface area contributed by atoms with E-state index in [2.05, 4.69) is 47.0 Å². The highest BCUT2D eigenvalue weighted by atomic mass is 79.9. The lowest BCUT2D eigenvalue weighted by molar-refractivity contribution is 0.413. The molecule has 4 heteroatoms. The van der Waals surface area contributed by atoms with Gasteiger partial charge in [0.1, 0.15) is 11.5 Å². The summed E-state index contributed by atoms with van der Waals surface area (Å²) in [5, 5.41) is 3.47.